The van der Waals surface area contributed by atoms with Crippen LogP contribution in [-0.4, -0.2) is 0 Å². The number of ether oxygens (including phenoxy) is 1. The van der Waals surface area contributed by atoms with E-state index in [4.69, 9.17) is 4.74 Å². The zero-order valence-electron chi connectivity index (χ0n) is 38.6. The molecule has 2 aliphatic carbocycles. The summed E-state index contributed by atoms with van der Waals surface area (Å²) in [5, 5.41) is 0. The van der Waals surface area contributed by atoms with Crippen molar-refractivity contribution in [3.05, 3.63) is 305 Å². The third kappa shape index (κ3) is 5.61. The second-order valence-corrected chi connectivity index (χ2v) is 20.1. The molecule has 0 bridgehead atoms. The zero-order chi connectivity index (χ0) is 46.7. The first-order valence-electron chi connectivity index (χ1n) is 24.5. The van der Waals surface area contributed by atoms with Gasteiger partial charge < -0.3 is 9.64 Å². The van der Waals surface area contributed by atoms with E-state index in [0.717, 1.165) is 39.7 Å². The highest BCUT2D eigenvalue weighted by Crippen LogP contribution is 2.66. The van der Waals surface area contributed by atoms with Crippen LogP contribution in [0.5, 0.6) is 11.5 Å². The van der Waals surface area contributed by atoms with Gasteiger partial charge in [0, 0.05) is 37.9 Å². The molecule has 0 aromatic heterocycles. The van der Waals surface area contributed by atoms with Crippen molar-refractivity contribution in [2.75, 3.05) is 4.90 Å². The molecule has 0 radical (unpaired) electrons. The van der Waals surface area contributed by atoms with Gasteiger partial charge >= 0.3 is 0 Å². The highest BCUT2D eigenvalue weighted by atomic mass is 32.2. The summed E-state index contributed by atoms with van der Waals surface area (Å²) in [6.45, 7) is 0. The van der Waals surface area contributed by atoms with Gasteiger partial charge in [-0.25, -0.2) is 0 Å². The van der Waals surface area contributed by atoms with Crippen LogP contribution in [-0.2, 0) is 10.8 Å². The first kappa shape index (κ1) is 40.3. The van der Waals surface area contributed by atoms with Gasteiger partial charge in [-0.05, 0) is 127 Å². The number of para-hydroxylation sites is 2. The first-order valence-corrected chi connectivity index (χ1v) is 25.3. The molecule has 3 heteroatoms. The second-order valence-electron chi connectivity index (χ2n) is 19.0. The van der Waals surface area contributed by atoms with Crippen molar-refractivity contribution in [3.63, 3.8) is 0 Å². The van der Waals surface area contributed by atoms with Crippen molar-refractivity contribution in [1.29, 1.82) is 0 Å². The highest BCUT2D eigenvalue weighted by Gasteiger charge is 2.53. The van der Waals surface area contributed by atoms with Crippen LogP contribution in [0.1, 0.15) is 44.5 Å². The Bertz CT molecular complexity index is 3860. The first-order chi connectivity index (χ1) is 35.2. The summed E-state index contributed by atoms with van der Waals surface area (Å²) in [7, 11) is 0. The number of anilines is 3. The lowest BCUT2D eigenvalue weighted by Gasteiger charge is -2.40. The molecule has 332 valence electrons. The third-order valence-corrected chi connectivity index (χ3v) is 16.8. The Morgan fingerprint density at radius 3 is 1.37 bits per heavy atom. The monoisotopic (exact) mass is 921 g/mol. The van der Waals surface area contributed by atoms with Crippen LogP contribution in [0, 0.1) is 0 Å². The van der Waals surface area contributed by atoms with Gasteiger partial charge in [0.2, 0.25) is 0 Å². The number of hydrogen-bond acceptors (Lipinski definition) is 3. The molecule has 2 heterocycles. The summed E-state index contributed by atoms with van der Waals surface area (Å²) in [6, 6.07) is 96.5. The normalized spacial score (nSPS) is 14.2. The predicted octanol–water partition coefficient (Wildman–Crippen LogP) is 17.8. The minimum Gasteiger partial charge on any atom is -0.457 e. The van der Waals surface area contributed by atoms with Crippen molar-refractivity contribution in [3.8, 4) is 56.0 Å². The predicted molar refractivity (Wildman–Crippen MR) is 291 cm³/mol. The quantitative estimate of drug-likeness (QED) is 0.171. The average Bonchev–Trinajstić information content (AvgIpc) is 3.90. The smallest absolute Gasteiger partial charge is 0.132 e. The minimum absolute atomic E-state index is 0.464. The molecule has 71 heavy (non-hydrogen) atoms. The Labute approximate surface area is 418 Å². The van der Waals surface area contributed by atoms with E-state index >= 15 is 0 Å². The topological polar surface area (TPSA) is 12.5 Å². The Morgan fingerprint density at radius 2 is 0.732 bits per heavy atom. The van der Waals surface area contributed by atoms with Gasteiger partial charge in [-0.3, -0.25) is 0 Å². The number of benzene rings is 11. The molecule has 2 spiro atoms. The summed E-state index contributed by atoms with van der Waals surface area (Å²) in [6.07, 6.45) is 0. The molecule has 4 aliphatic rings. The van der Waals surface area contributed by atoms with Gasteiger partial charge in [-0.2, -0.15) is 0 Å². The van der Waals surface area contributed by atoms with Crippen LogP contribution in [0.3, 0.4) is 0 Å². The molecule has 0 atom stereocenters. The Morgan fingerprint density at radius 1 is 0.296 bits per heavy atom. The molecular weight excluding hydrogens is 879 g/mol. The summed E-state index contributed by atoms with van der Waals surface area (Å²) < 4.78 is 6.74. The fourth-order valence-corrected chi connectivity index (χ4v) is 14.0. The Balaban J connectivity index is 0.969. The van der Waals surface area contributed by atoms with Crippen LogP contribution in [0.25, 0.3) is 44.5 Å². The van der Waals surface area contributed by atoms with Crippen LogP contribution >= 0.6 is 11.8 Å². The van der Waals surface area contributed by atoms with Crippen molar-refractivity contribution in [2.24, 2.45) is 0 Å². The fourth-order valence-electron chi connectivity index (χ4n) is 12.8. The Hall–Kier alpha value is -8.63. The van der Waals surface area contributed by atoms with E-state index in [0.29, 0.717) is 0 Å². The van der Waals surface area contributed by atoms with Gasteiger partial charge in [0.1, 0.15) is 11.5 Å². The van der Waals surface area contributed by atoms with Crippen LogP contribution in [0.15, 0.2) is 271 Å². The van der Waals surface area contributed by atoms with Crippen LogP contribution in [0.2, 0.25) is 0 Å². The van der Waals surface area contributed by atoms with Gasteiger partial charge in [0.05, 0.1) is 16.5 Å². The van der Waals surface area contributed by atoms with Crippen molar-refractivity contribution in [2.45, 2.75) is 20.6 Å². The summed E-state index contributed by atoms with van der Waals surface area (Å²) in [4.78, 5) is 5.12. The van der Waals surface area contributed by atoms with E-state index in [1.165, 1.54) is 87.7 Å². The standard InChI is InChI=1S/C68H43NOS/c1-2-17-44(18-3-1)45-33-35-46(36-34-45)47-37-39-48(40-38-47)69(49-41-42-55-52(43-49)50-19-4-6-21-53(50)67(55)58-25-10-14-31-64(58)71-65-32-15-11-26-59(65)67)61-28-16-27-60-66(61)51-20-5-7-22-54(51)68(60)56-23-8-12-29-62(56)70-63-30-13-9-24-57(63)68/h1-43H. The molecule has 2 aliphatic heterocycles. The molecule has 0 saturated carbocycles. The number of fused-ring (bicyclic) bond motifs is 18. The zero-order valence-corrected chi connectivity index (χ0v) is 39.4. The third-order valence-electron chi connectivity index (χ3n) is 15.6. The number of rotatable bonds is 5. The lowest BCUT2D eigenvalue weighted by atomic mass is 9.66. The maximum absolute atomic E-state index is 6.74. The minimum atomic E-state index is -0.599. The average molecular weight is 922 g/mol. The van der Waals surface area contributed by atoms with E-state index in [2.05, 4.69) is 266 Å². The van der Waals surface area contributed by atoms with Gasteiger partial charge in [-0.1, -0.05) is 218 Å². The molecule has 0 fully saturated rings. The van der Waals surface area contributed by atoms with E-state index in [1.807, 2.05) is 11.8 Å². The van der Waals surface area contributed by atoms with E-state index < -0.39 is 10.8 Å². The molecule has 0 N–H and O–H groups in total. The molecule has 0 saturated heterocycles. The lowest BCUT2D eigenvalue weighted by Crippen LogP contribution is -2.32. The van der Waals surface area contributed by atoms with Crippen molar-refractivity contribution >= 4 is 28.8 Å². The largest absolute Gasteiger partial charge is 0.457 e. The van der Waals surface area contributed by atoms with Gasteiger partial charge in [0.15, 0.2) is 0 Å². The van der Waals surface area contributed by atoms with Crippen LogP contribution < -0.4 is 9.64 Å². The maximum Gasteiger partial charge on any atom is 0.132 e. The Kier molecular flexibility index (Phi) is 8.76. The van der Waals surface area contributed by atoms with E-state index in [9.17, 15) is 0 Å². The molecule has 0 amide bonds. The van der Waals surface area contributed by atoms with E-state index in [-0.39, 0.29) is 0 Å². The number of nitrogens with zero attached hydrogens (tertiary/aromatic N) is 1. The molecule has 2 nitrogen and oxygen atoms in total. The number of hydrogen-bond donors (Lipinski definition) is 0. The highest BCUT2D eigenvalue weighted by molar-refractivity contribution is 7.99. The van der Waals surface area contributed by atoms with Gasteiger partial charge in [0.25, 0.3) is 0 Å². The van der Waals surface area contributed by atoms with Crippen molar-refractivity contribution in [1.82, 2.24) is 0 Å². The van der Waals surface area contributed by atoms with E-state index in [1.54, 1.807) is 0 Å². The fraction of sp³-hybridized carbons (Fsp3) is 0.0294. The molecule has 11 aromatic carbocycles. The molecular formula is C68H43NOS. The summed E-state index contributed by atoms with van der Waals surface area (Å²) in [5.74, 6) is 1.78. The summed E-state index contributed by atoms with van der Waals surface area (Å²) in [5.41, 5.74) is 22.1. The molecule has 11 aromatic rings. The second kappa shape index (κ2) is 15.4. The summed E-state index contributed by atoms with van der Waals surface area (Å²) >= 11 is 1.88. The lowest BCUT2D eigenvalue weighted by molar-refractivity contribution is 0.436. The molecule has 15 rings (SSSR count). The molecule has 0 unspecified atom stereocenters. The maximum atomic E-state index is 6.74. The van der Waals surface area contributed by atoms with Gasteiger partial charge in [-0.15, -0.1) is 0 Å². The van der Waals surface area contributed by atoms with Crippen molar-refractivity contribution < 1.29 is 4.74 Å². The SMILES string of the molecule is c1ccc(-c2ccc(-c3ccc(N(c4ccc5c(c4)-c4ccccc4C54c5ccccc5Sc5ccccc54)c4cccc5c4-c4ccccc4C54c5ccccc5Oc5ccccc54)cc3)cc2)cc1. The van der Waals surface area contributed by atoms with Crippen LogP contribution in [0.4, 0.5) is 17.1 Å².